The van der Waals surface area contributed by atoms with Gasteiger partial charge in [0.2, 0.25) is 0 Å². The maximum absolute atomic E-state index is 15.7. The molecule has 2 aromatic carbocycles. The van der Waals surface area contributed by atoms with Gasteiger partial charge < -0.3 is 19.5 Å². The zero-order valence-corrected chi connectivity index (χ0v) is 25.4. The van der Waals surface area contributed by atoms with Gasteiger partial charge in [0, 0.05) is 37.0 Å². The van der Waals surface area contributed by atoms with Crippen molar-refractivity contribution < 1.29 is 18.7 Å². The standard InChI is InChI=1S/C34H35FN6O3/c1-32(2,3)44-31(43)39-34(11-6-12-34)30-36-17-20(18-37-30)19-9-10-23-24(15-19)41-25-16-26(28(41)38-23)40(4)29(42)21-7-5-8-22(27(21)25)33(35)13-14-33/h5,7-10,15,17-18,25-26H,6,11-14,16H2,1-4H3,(H,39,43)/t25-,26-/m1/s1. The number of hydrogen-bond donors (Lipinski definition) is 1. The molecule has 4 aliphatic rings. The normalized spacial score (nSPS) is 22.6. The number of aromatic nitrogens is 4. The quantitative estimate of drug-likeness (QED) is 0.290. The number of imidazole rings is 1. The summed E-state index contributed by atoms with van der Waals surface area (Å²) in [6, 6.07) is 11.2. The van der Waals surface area contributed by atoms with Crippen LogP contribution in [0, 0.1) is 0 Å². The van der Waals surface area contributed by atoms with E-state index in [1.807, 2.05) is 58.2 Å². The number of fused-ring (bicyclic) bond motifs is 9. The van der Waals surface area contributed by atoms with Crippen molar-refractivity contribution >= 4 is 23.0 Å². The highest BCUT2D eigenvalue weighted by Crippen LogP contribution is 2.56. The summed E-state index contributed by atoms with van der Waals surface area (Å²) in [7, 11) is 1.82. The first kappa shape index (κ1) is 27.2. The summed E-state index contributed by atoms with van der Waals surface area (Å²) < 4.78 is 23.4. The van der Waals surface area contributed by atoms with Crippen LogP contribution in [0.1, 0.15) is 105 Å². The van der Waals surface area contributed by atoms with Crippen LogP contribution in [-0.4, -0.2) is 49.1 Å². The van der Waals surface area contributed by atoms with Gasteiger partial charge in [-0.15, -0.1) is 0 Å². The Labute approximate surface area is 254 Å². The number of nitrogens with zero attached hydrogens (tertiary/aromatic N) is 5. The molecule has 9 nitrogen and oxygen atoms in total. The van der Waals surface area contributed by atoms with Crippen LogP contribution in [0.4, 0.5) is 9.18 Å². The third-order valence-corrected chi connectivity index (χ3v) is 9.76. The molecule has 10 heteroatoms. The molecule has 44 heavy (non-hydrogen) atoms. The van der Waals surface area contributed by atoms with E-state index in [2.05, 4.69) is 16.0 Å². The van der Waals surface area contributed by atoms with Gasteiger partial charge in [0.15, 0.2) is 5.82 Å². The number of carbonyl (C=O) groups is 2. The van der Waals surface area contributed by atoms with Gasteiger partial charge in [-0.25, -0.2) is 24.1 Å². The Morgan fingerprint density at radius 1 is 1.05 bits per heavy atom. The Balaban J connectivity index is 1.17. The van der Waals surface area contributed by atoms with Crippen LogP contribution in [0.5, 0.6) is 0 Å². The molecule has 0 radical (unpaired) electrons. The van der Waals surface area contributed by atoms with E-state index in [-0.39, 0.29) is 18.0 Å². The number of alkyl halides is 1. The summed E-state index contributed by atoms with van der Waals surface area (Å²) >= 11 is 0. The molecule has 2 aliphatic carbocycles. The summed E-state index contributed by atoms with van der Waals surface area (Å²) in [4.78, 5) is 42.3. The molecule has 2 fully saturated rings. The second-order valence-electron chi connectivity index (χ2n) is 13.8. The largest absolute Gasteiger partial charge is 0.444 e. The first-order valence-electron chi connectivity index (χ1n) is 15.4. The minimum absolute atomic E-state index is 0.0831. The number of amides is 2. The smallest absolute Gasteiger partial charge is 0.408 e. The van der Waals surface area contributed by atoms with Gasteiger partial charge in [0.1, 0.15) is 22.6 Å². The Morgan fingerprint density at radius 3 is 2.45 bits per heavy atom. The lowest BCUT2D eigenvalue weighted by atomic mass is 9.76. The lowest BCUT2D eigenvalue weighted by molar-refractivity contribution is 0.0364. The number of halogens is 1. The van der Waals surface area contributed by atoms with Crippen LogP contribution < -0.4 is 5.32 Å². The number of carbonyl (C=O) groups excluding carboxylic acids is 2. The van der Waals surface area contributed by atoms with Crippen molar-refractivity contribution in [3.05, 3.63) is 77.1 Å². The molecule has 0 unspecified atom stereocenters. The van der Waals surface area contributed by atoms with Crippen molar-refractivity contribution in [2.24, 2.45) is 0 Å². The number of hydrogen-bond acceptors (Lipinski definition) is 6. The highest BCUT2D eigenvalue weighted by Gasteiger charge is 2.51. The van der Waals surface area contributed by atoms with Gasteiger partial charge in [-0.2, -0.15) is 0 Å². The Morgan fingerprint density at radius 2 is 1.80 bits per heavy atom. The summed E-state index contributed by atoms with van der Waals surface area (Å²) in [6.45, 7) is 5.52. The topological polar surface area (TPSA) is 102 Å². The number of alkyl carbamates (subject to hydrolysis) is 1. The van der Waals surface area contributed by atoms with Gasteiger partial charge in [-0.3, -0.25) is 4.79 Å². The van der Waals surface area contributed by atoms with Crippen molar-refractivity contribution in [2.75, 3.05) is 7.05 Å². The van der Waals surface area contributed by atoms with E-state index >= 15 is 4.39 Å². The molecular formula is C34H35FN6O3. The maximum atomic E-state index is 15.7. The monoisotopic (exact) mass is 594 g/mol. The van der Waals surface area contributed by atoms with Crippen molar-refractivity contribution in [2.45, 2.75) is 88.2 Å². The fraction of sp³-hybridized carbons (Fsp3) is 0.441. The molecule has 2 atom stereocenters. The molecule has 0 saturated heterocycles. The predicted octanol–water partition coefficient (Wildman–Crippen LogP) is 6.48. The first-order chi connectivity index (χ1) is 21.0. The highest BCUT2D eigenvalue weighted by molar-refractivity contribution is 5.97. The van der Waals surface area contributed by atoms with Crippen molar-refractivity contribution in [3.63, 3.8) is 0 Å². The van der Waals surface area contributed by atoms with E-state index < -0.39 is 22.9 Å². The SMILES string of the molecule is CN1C(=O)c2cccc(C3(F)CC3)c2[C@H]2C[C@@H]1c1nc3ccc(-c4cnc(C5(NC(=O)OC(C)(C)C)CCC5)nc4)cc3n12. The average Bonchev–Trinajstić information content (AvgIpc) is 3.49. The summed E-state index contributed by atoms with van der Waals surface area (Å²) in [6.07, 6.45) is 7.23. The molecule has 2 amide bonds. The Bertz CT molecular complexity index is 1850. The Kier molecular flexibility index (Phi) is 5.63. The van der Waals surface area contributed by atoms with Gasteiger partial charge in [0.25, 0.3) is 5.91 Å². The molecule has 1 N–H and O–H groups in total. The molecular weight excluding hydrogens is 559 g/mol. The zero-order chi connectivity index (χ0) is 30.6. The molecule has 2 aliphatic heterocycles. The molecule has 226 valence electrons. The minimum atomic E-state index is -1.37. The van der Waals surface area contributed by atoms with Gasteiger partial charge in [-0.1, -0.05) is 18.2 Å². The highest BCUT2D eigenvalue weighted by atomic mass is 19.1. The number of benzene rings is 2. The van der Waals surface area contributed by atoms with E-state index in [1.165, 1.54) is 0 Å². The maximum Gasteiger partial charge on any atom is 0.408 e. The van der Waals surface area contributed by atoms with Crippen LogP contribution in [0.3, 0.4) is 0 Å². The van der Waals surface area contributed by atoms with E-state index in [0.717, 1.165) is 52.8 Å². The van der Waals surface area contributed by atoms with E-state index in [4.69, 9.17) is 19.7 Å². The Hall–Kier alpha value is -4.34. The number of nitrogens with one attached hydrogen (secondary N) is 1. The van der Waals surface area contributed by atoms with Crippen molar-refractivity contribution in [3.8, 4) is 11.1 Å². The molecule has 2 bridgehead atoms. The number of rotatable bonds is 4. The van der Waals surface area contributed by atoms with Crippen LogP contribution in [0.15, 0.2) is 48.8 Å². The third-order valence-electron chi connectivity index (χ3n) is 9.76. The lowest BCUT2D eigenvalue weighted by Gasteiger charge is -2.41. The molecule has 0 spiro atoms. The molecule has 2 aromatic heterocycles. The molecule has 2 saturated carbocycles. The van der Waals surface area contributed by atoms with E-state index in [0.29, 0.717) is 36.2 Å². The third kappa shape index (κ3) is 4.06. The predicted molar refractivity (Wildman–Crippen MR) is 162 cm³/mol. The zero-order valence-electron chi connectivity index (χ0n) is 25.4. The number of ether oxygens (including phenoxy) is 1. The van der Waals surface area contributed by atoms with Crippen molar-refractivity contribution in [1.82, 2.24) is 29.7 Å². The minimum Gasteiger partial charge on any atom is -0.444 e. The molecule has 8 rings (SSSR count). The van der Waals surface area contributed by atoms with E-state index in [9.17, 15) is 9.59 Å². The van der Waals surface area contributed by atoms with E-state index in [1.54, 1.807) is 17.3 Å². The van der Waals surface area contributed by atoms with Gasteiger partial charge in [0.05, 0.1) is 23.1 Å². The van der Waals surface area contributed by atoms with Crippen LogP contribution >= 0.6 is 0 Å². The second-order valence-corrected chi connectivity index (χ2v) is 13.8. The lowest BCUT2D eigenvalue weighted by Crippen LogP contribution is -2.53. The average molecular weight is 595 g/mol. The summed E-state index contributed by atoms with van der Waals surface area (Å²) in [5.41, 5.74) is 2.95. The molecule has 4 aromatic rings. The van der Waals surface area contributed by atoms with Gasteiger partial charge in [-0.05, 0) is 87.8 Å². The van der Waals surface area contributed by atoms with Crippen LogP contribution in [0.25, 0.3) is 22.2 Å². The summed E-state index contributed by atoms with van der Waals surface area (Å²) in [5.74, 6) is 1.32. The fourth-order valence-corrected chi connectivity index (χ4v) is 7.22. The van der Waals surface area contributed by atoms with Crippen LogP contribution in [-0.2, 0) is 15.9 Å². The van der Waals surface area contributed by atoms with Gasteiger partial charge >= 0.3 is 6.09 Å². The van der Waals surface area contributed by atoms with Crippen LogP contribution in [0.2, 0.25) is 0 Å². The van der Waals surface area contributed by atoms with Crippen molar-refractivity contribution in [1.29, 1.82) is 0 Å². The first-order valence-corrected chi connectivity index (χ1v) is 15.4. The molecule has 4 heterocycles. The summed E-state index contributed by atoms with van der Waals surface area (Å²) in [5, 5.41) is 3.02. The second kappa shape index (κ2) is 9.09. The fourth-order valence-electron chi connectivity index (χ4n) is 7.22.